The van der Waals surface area contributed by atoms with Crippen molar-refractivity contribution in [3.8, 4) is 0 Å². The van der Waals surface area contributed by atoms with Crippen LogP contribution in [-0.2, 0) is 11.2 Å². The van der Waals surface area contributed by atoms with E-state index in [1.807, 2.05) is 48.5 Å². The number of carbonyl (C=O) groups excluding carboxylic acids is 1. The van der Waals surface area contributed by atoms with Crippen molar-refractivity contribution in [3.63, 3.8) is 0 Å². The minimum absolute atomic E-state index is 0.0164. The number of hydrogen-bond acceptors (Lipinski definition) is 5. The number of amides is 1. The van der Waals surface area contributed by atoms with Gasteiger partial charge in [0.1, 0.15) is 5.25 Å². The van der Waals surface area contributed by atoms with Crippen molar-refractivity contribution in [2.75, 3.05) is 5.84 Å². The molecule has 0 spiro atoms. The largest absolute Gasteiger partial charge is 0.352 e. The minimum Gasteiger partial charge on any atom is -0.352 e. The second-order valence-corrected chi connectivity index (χ2v) is 8.85. The standard InChI is InChI=1S/C24H23N5OS/c25-29-21(15-18-11-6-10-16-7-4-5-12-20(16)18)27-28-24(29)31-22(17-8-2-1-3-9-17)23(30)26-19-13-14-19/h1-12,19,22H,13-15,25H2,(H,26,30). The molecule has 0 saturated heterocycles. The quantitative estimate of drug-likeness (QED) is 0.344. The van der Waals surface area contributed by atoms with E-state index >= 15 is 0 Å². The van der Waals surface area contributed by atoms with Crippen LogP contribution in [-0.4, -0.2) is 26.8 Å². The van der Waals surface area contributed by atoms with Crippen LogP contribution < -0.4 is 11.2 Å². The maximum atomic E-state index is 12.9. The Hall–Kier alpha value is -3.32. The SMILES string of the molecule is Nn1c(Cc2cccc3ccccc23)nnc1SC(C(=O)NC1CC1)c1ccccc1. The van der Waals surface area contributed by atoms with Gasteiger partial charge in [-0.05, 0) is 34.7 Å². The predicted molar refractivity (Wildman–Crippen MR) is 123 cm³/mol. The molecule has 6 nitrogen and oxygen atoms in total. The van der Waals surface area contributed by atoms with Gasteiger partial charge in [0.2, 0.25) is 11.1 Å². The first-order valence-electron chi connectivity index (χ1n) is 10.4. The smallest absolute Gasteiger partial charge is 0.238 e. The van der Waals surface area contributed by atoms with Crippen molar-refractivity contribution >= 4 is 28.4 Å². The fraction of sp³-hybridized carbons (Fsp3) is 0.208. The molecule has 1 unspecified atom stereocenters. The summed E-state index contributed by atoms with van der Waals surface area (Å²) in [5.74, 6) is 7.02. The van der Waals surface area contributed by atoms with E-state index in [1.54, 1.807) is 0 Å². The number of nitrogen functional groups attached to an aromatic ring is 1. The molecule has 156 valence electrons. The number of nitrogens with one attached hydrogen (secondary N) is 1. The predicted octanol–water partition coefficient (Wildman–Crippen LogP) is 3.85. The molecule has 4 aromatic rings. The Morgan fingerprint density at radius 2 is 1.77 bits per heavy atom. The Morgan fingerprint density at radius 3 is 2.58 bits per heavy atom. The highest BCUT2D eigenvalue weighted by Gasteiger charge is 2.30. The highest BCUT2D eigenvalue weighted by molar-refractivity contribution is 8.00. The fourth-order valence-corrected chi connectivity index (χ4v) is 4.62. The van der Waals surface area contributed by atoms with Crippen LogP contribution in [0.3, 0.4) is 0 Å². The lowest BCUT2D eigenvalue weighted by Gasteiger charge is -2.16. The first-order valence-corrected chi connectivity index (χ1v) is 11.2. The molecule has 0 aliphatic heterocycles. The second kappa shape index (κ2) is 8.43. The number of hydrogen-bond donors (Lipinski definition) is 2. The number of nitrogens with zero attached hydrogens (tertiary/aromatic N) is 3. The molecule has 1 amide bonds. The first kappa shape index (κ1) is 19.6. The minimum atomic E-state index is -0.432. The van der Waals surface area contributed by atoms with Gasteiger partial charge in [-0.2, -0.15) is 0 Å². The molecule has 7 heteroatoms. The number of carbonyl (C=O) groups is 1. The van der Waals surface area contributed by atoms with Crippen molar-refractivity contribution in [2.45, 2.75) is 35.7 Å². The molecule has 0 radical (unpaired) electrons. The highest BCUT2D eigenvalue weighted by atomic mass is 32.2. The van der Waals surface area contributed by atoms with E-state index in [2.05, 4.69) is 39.8 Å². The van der Waals surface area contributed by atoms with Gasteiger partial charge in [0, 0.05) is 12.5 Å². The van der Waals surface area contributed by atoms with Crippen molar-refractivity contribution in [1.29, 1.82) is 0 Å². The molecule has 1 saturated carbocycles. The lowest BCUT2D eigenvalue weighted by molar-refractivity contribution is -0.120. The fourth-order valence-electron chi connectivity index (χ4n) is 3.64. The number of rotatable bonds is 7. The number of nitrogens with two attached hydrogens (primary N) is 1. The van der Waals surface area contributed by atoms with Crippen LogP contribution in [0.5, 0.6) is 0 Å². The third kappa shape index (κ3) is 4.27. The Kier molecular flexibility index (Phi) is 5.34. The van der Waals surface area contributed by atoms with E-state index in [-0.39, 0.29) is 11.9 Å². The van der Waals surface area contributed by atoms with Gasteiger partial charge in [-0.1, -0.05) is 84.6 Å². The molecule has 1 fully saturated rings. The zero-order valence-electron chi connectivity index (χ0n) is 16.9. The van der Waals surface area contributed by atoms with Gasteiger partial charge in [-0.25, -0.2) is 4.68 Å². The first-order chi connectivity index (χ1) is 15.2. The molecule has 3 N–H and O–H groups in total. The number of benzene rings is 3. The average Bonchev–Trinajstić information content (AvgIpc) is 3.56. The van der Waals surface area contributed by atoms with Crippen LogP contribution in [0.2, 0.25) is 0 Å². The maximum absolute atomic E-state index is 12.9. The number of fused-ring (bicyclic) bond motifs is 1. The molecule has 1 aliphatic rings. The van der Waals surface area contributed by atoms with Crippen LogP contribution in [0.15, 0.2) is 78.0 Å². The van der Waals surface area contributed by atoms with E-state index in [0.717, 1.165) is 24.0 Å². The van der Waals surface area contributed by atoms with E-state index in [0.29, 0.717) is 17.4 Å². The van der Waals surface area contributed by atoms with Gasteiger partial charge in [-0.3, -0.25) is 4.79 Å². The van der Waals surface area contributed by atoms with Crippen LogP contribution in [0.1, 0.15) is 35.0 Å². The summed E-state index contributed by atoms with van der Waals surface area (Å²) >= 11 is 1.33. The molecular formula is C24H23N5OS. The highest BCUT2D eigenvalue weighted by Crippen LogP contribution is 2.35. The van der Waals surface area contributed by atoms with Crippen molar-refractivity contribution in [3.05, 3.63) is 89.7 Å². The molecule has 1 heterocycles. The number of thioether (sulfide) groups is 1. The van der Waals surface area contributed by atoms with Crippen LogP contribution in [0.4, 0.5) is 0 Å². The van der Waals surface area contributed by atoms with E-state index in [4.69, 9.17) is 5.84 Å². The van der Waals surface area contributed by atoms with Gasteiger partial charge in [0.15, 0.2) is 5.82 Å². The molecule has 5 rings (SSSR count). The van der Waals surface area contributed by atoms with Gasteiger partial charge in [0.05, 0.1) is 0 Å². The van der Waals surface area contributed by atoms with Crippen LogP contribution in [0, 0.1) is 0 Å². The third-order valence-electron chi connectivity index (χ3n) is 5.45. The molecule has 31 heavy (non-hydrogen) atoms. The molecule has 3 aromatic carbocycles. The van der Waals surface area contributed by atoms with E-state index in [9.17, 15) is 4.79 Å². The van der Waals surface area contributed by atoms with Crippen LogP contribution in [0.25, 0.3) is 10.8 Å². The molecular weight excluding hydrogens is 406 g/mol. The third-order valence-corrected chi connectivity index (χ3v) is 6.66. The summed E-state index contributed by atoms with van der Waals surface area (Å²) in [5.41, 5.74) is 2.06. The summed E-state index contributed by atoms with van der Waals surface area (Å²) in [6, 6.07) is 24.5. The average molecular weight is 430 g/mol. The second-order valence-electron chi connectivity index (χ2n) is 7.78. The Labute approximate surface area is 184 Å². The van der Waals surface area contributed by atoms with Gasteiger partial charge in [-0.15, -0.1) is 10.2 Å². The summed E-state index contributed by atoms with van der Waals surface area (Å²) in [7, 11) is 0. The van der Waals surface area contributed by atoms with Crippen molar-refractivity contribution in [2.24, 2.45) is 0 Å². The lowest BCUT2D eigenvalue weighted by Crippen LogP contribution is -2.30. The molecule has 0 bridgehead atoms. The van der Waals surface area contributed by atoms with Crippen molar-refractivity contribution in [1.82, 2.24) is 20.2 Å². The molecule has 1 aliphatic carbocycles. The normalized spacial score (nSPS) is 14.5. The van der Waals surface area contributed by atoms with E-state index in [1.165, 1.54) is 27.2 Å². The zero-order valence-corrected chi connectivity index (χ0v) is 17.8. The van der Waals surface area contributed by atoms with Crippen LogP contribution >= 0.6 is 11.8 Å². The Bertz CT molecular complexity index is 1210. The van der Waals surface area contributed by atoms with Gasteiger partial charge in [0.25, 0.3) is 0 Å². The summed E-state index contributed by atoms with van der Waals surface area (Å²) in [4.78, 5) is 12.9. The summed E-state index contributed by atoms with van der Waals surface area (Å²) < 4.78 is 1.51. The summed E-state index contributed by atoms with van der Waals surface area (Å²) in [6.45, 7) is 0. The monoisotopic (exact) mass is 429 g/mol. The topological polar surface area (TPSA) is 85.8 Å². The van der Waals surface area contributed by atoms with Crippen molar-refractivity contribution < 1.29 is 4.79 Å². The number of aromatic nitrogens is 3. The van der Waals surface area contributed by atoms with Gasteiger partial charge >= 0.3 is 0 Å². The Balaban J connectivity index is 1.41. The molecule has 1 aromatic heterocycles. The molecule has 1 atom stereocenters. The van der Waals surface area contributed by atoms with Gasteiger partial charge < -0.3 is 11.2 Å². The Morgan fingerprint density at radius 1 is 1.03 bits per heavy atom. The van der Waals surface area contributed by atoms with E-state index < -0.39 is 5.25 Å². The zero-order chi connectivity index (χ0) is 21.2. The summed E-state index contributed by atoms with van der Waals surface area (Å²) in [5, 5.41) is 14.2. The maximum Gasteiger partial charge on any atom is 0.238 e. The summed E-state index contributed by atoms with van der Waals surface area (Å²) in [6.07, 6.45) is 2.65. The lowest BCUT2D eigenvalue weighted by atomic mass is 10.0.